The van der Waals surface area contributed by atoms with Gasteiger partial charge in [0.15, 0.2) is 11.5 Å². The predicted octanol–water partition coefficient (Wildman–Crippen LogP) is 4.44. The van der Waals surface area contributed by atoms with Gasteiger partial charge in [0.05, 0.1) is 12.0 Å². The average molecular weight is 485 g/mol. The summed E-state index contributed by atoms with van der Waals surface area (Å²) in [6.45, 7) is 6.52. The van der Waals surface area contributed by atoms with Crippen LogP contribution in [-0.4, -0.2) is 46.8 Å². The summed E-state index contributed by atoms with van der Waals surface area (Å²) < 4.78 is 50.4. The molecule has 1 fully saturated rings. The number of piperidine rings is 1. The van der Waals surface area contributed by atoms with Gasteiger partial charge in [-0.1, -0.05) is 19.9 Å². The fourth-order valence-electron chi connectivity index (χ4n) is 4.68. The molecule has 3 aromatic rings. The molecule has 2 unspecified atom stereocenters. The van der Waals surface area contributed by atoms with Crippen LogP contribution in [0.3, 0.4) is 0 Å². The molecule has 8 nitrogen and oxygen atoms in total. The van der Waals surface area contributed by atoms with Gasteiger partial charge in [0.2, 0.25) is 26.6 Å². The minimum Gasteiger partial charge on any atom is -0.497 e. The molecule has 5 rings (SSSR count). The molecule has 180 valence electrons. The van der Waals surface area contributed by atoms with Crippen LogP contribution in [0, 0.1) is 11.8 Å². The van der Waals surface area contributed by atoms with Crippen LogP contribution in [0.5, 0.6) is 17.2 Å². The predicted molar refractivity (Wildman–Crippen MR) is 127 cm³/mol. The lowest BCUT2D eigenvalue weighted by molar-refractivity contribution is 0.171. The van der Waals surface area contributed by atoms with Crippen LogP contribution in [0.4, 0.5) is 5.88 Å². The van der Waals surface area contributed by atoms with Crippen molar-refractivity contribution in [1.29, 1.82) is 0 Å². The highest BCUT2D eigenvalue weighted by molar-refractivity contribution is 7.91. The number of oxazole rings is 1. The number of sulfone groups is 1. The summed E-state index contributed by atoms with van der Waals surface area (Å²) in [7, 11) is -2.43. The third-order valence-corrected chi connectivity index (χ3v) is 7.78. The molecular weight excluding hydrogens is 456 g/mol. The van der Waals surface area contributed by atoms with E-state index in [4.69, 9.17) is 18.6 Å². The second-order valence-corrected chi connectivity index (χ2v) is 10.9. The van der Waals surface area contributed by atoms with Crippen molar-refractivity contribution in [1.82, 2.24) is 4.98 Å². The lowest BCUT2D eigenvalue weighted by Crippen LogP contribution is -2.39. The number of hydrogen-bond donors (Lipinski definition) is 0. The Bertz CT molecular complexity index is 1290. The Hall–Kier alpha value is -3.20. The first-order valence-corrected chi connectivity index (χ1v) is 12.9. The standard InChI is InChI=1S/C25H28N2O6S/c1-16-11-17(2)15-27(14-16)25-24(26-23(33-25)18-5-4-6-19(12-18)30-3)34(28,29)20-7-8-21-22(13-20)32-10-9-31-21/h4-8,12-13,16-17H,9-11,14-15H2,1-3H3. The van der Waals surface area contributed by atoms with Gasteiger partial charge in [0, 0.05) is 24.7 Å². The van der Waals surface area contributed by atoms with E-state index < -0.39 is 9.84 Å². The zero-order valence-electron chi connectivity index (χ0n) is 19.5. The van der Waals surface area contributed by atoms with Crippen molar-refractivity contribution in [2.24, 2.45) is 11.8 Å². The summed E-state index contributed by atoms with van der Waals surface area (Å²) in [6, 6.07) is 11.9. The Morgan fingerprint density at radius 1 is 1.00 bits per heavy atom. The molecule has 0 bridgehead atoms. The highest BCUT2D eigenvalue weighted by Gasteiger charge is 2.35. The Morgan fingerprint density at radius 3 is 2.47 bits per heavy atom. The number of rotatable bonds is 5. The molecule has 0 amide bonds. The normalized spacial score (nSPS) is 20.3. The Kier molecular flexibility index (Phi) is 5.89. The second-order valence-electron chi connectivity index (χ2n) is 9.02. The van der Waals surface area contributed by atoms with E-state index >= 15 is 0 Å². The number of methoxy groups -OCH3 is 1. The molecule has 2 aliphatic rings. The van der Waals surface area contributed by atoms with Gasteiger partial charge in [-0.25, -0.2) is 8.42 Å². The van der Waals surface area contributed by atoms with Gasteiger partial charge in [-0.05, 0) is 48.6 Å². The van der Waals surface area contributed by atoms with E-state index in [1.54, 1.807) is 19.2 Å². The van der Waals surface area contributed by atoms with Crippen molar-refractivity contribution in [2.75, 3.05) is 38.3 Å². The molecule has 0 aliphatic carbocycles. The number of aromatic nitrogens is 1. The lowest BCUT2D eigenvalue weighted by atomic mass is 9.92. The summed E-state index contributed by atoms with van der Waals surface area (Å²) in [5.74, 6) is 2.88. The van der Waals surface area contributed by atoms with Crippen LogP contribution in [0.25, 0.3) is 11.5 Å². The van der Waals surface area contributed by atoms with Crippen LogP contribution in [0.1, 0.15) is 20.3 Å². The van der Waals surface area contributed by atoms with E-state index in [0.717, 1.165) is 6.42 Å². The third kappa shape index (κ3) is 4.20. The number of hydrogen-bond acceptors (Lipinski definition) is 8. The highest BCUT2D eigenvalue weighted by Crippen LogP contribution is 2.40. The van der Waals surface area contributed by atoms with Crippen molar-refractivity contribution in [3.63, 3.8) is 0 Å². The largest absolute Gasteiger partial charge is 0.497 e. The summed E-state index contributed by atoms with van der Waals surface area (Å²) in [4.78, 5) is 6.60. The summed E-state index contributed by atoms with van der Waals surface area (Å²) in [5.41, 5.74) is 0.641. The summed E-state index contributed by atoms with van der Waals surface area (Å²) in [6.07, 6.45) is 1.08. The number of anilines is 1. The first-order valence-electron chi connectivity index (χ1n) is 11.4. The van der Waals surface area contributed by atoms with E-state index in [1.165, 1.54) is 12.1 Å². The number of fused-ring (bicyclic) bond motifs is 1. The maximum absolute atomic E-state index is 13.8. The van der Waals surface area contributed by atoms with Gasteiger partial charge in [0.1, 0.15) is 19.0 Å². The van der Waals surface area contributed by atoms with Gasteiger partial charge >= 0.3 is 0 Å². The van der Waals surface area contributed by atoms with Crippen molar-refractivity contribution < 1.29 is 27.0 Å². The van der Waals surface area contributed by atoms with Crippen LogP contribution < -0.4 is 19.1 Å². The van der Waals surface area contributed by atoms with E-state index in [9.17, 15) is 8.42 Å². The van der Waals surface area contributed by atoms with Gasteiger partial charge in [0.25, 0.3) is 0 Å². The lowest BCUT2D eigenvalue weighted by Gasteiger charge is -2.34. The molecule has 3 heterocycles. The molecular formula is C25H28N2O6S. The molecule has 1 saturated heterocycles. The Balaban J connectivity index is 1.63. The Labute approximate surface area is 199 Å². The van der Waals surface area contributed by atoms with Crippen LogP contribution in [0.15, 0.2) is 56.8 Å². The fraction of sp³-hybridized carbons (Fsp3) is 0.400. The maximum Gasteiger partial charge on any atom is 0.236 e. The van der Waals surface area contributed by atoms with Gasteiger partial charge < -0.3 is 23.5 Å². The van der Waals surface area contributed by atoms with Gasteiger partial charge in [-0.15, -0.1) is 0 Å². The minimum atomic E-state index is -4.00. The van der Waals surface area contributed by atoms with Crippen molar-refractivity contribution >= 4 is 15.7 Å². The van der Waals surface area contributed by atoms with Crippen molar-refractivity contribution in [3.05, 3.63) is 42.5 Å². The van der Waals surface area contributed by atoms with E-state index in [2.05, 4.69) is 18.8 Å². The zero-order valence-corrected chi connectivity index (χ0v) is 20.3. The molecule has 1 aromatic heterocycles. The molecule has 0 spiro atoms. The first-order chi connectivity index (χ1) is 16.3. The minimum absolute atomic E-state index is 0.0848. The second kappa shape index (κ2) is 8.87. The van der Waals surface area contributed by atoms with Crippen LogP contribution in [-0.2, 0) is 9.84 Å². The molecule has 0 saturated carbocycles. The number of ether oxygens (including phenoxy) is 3. The molecule has 9 heteroatoms. The quantitative estimate of drug-likeness (QED) is 0.525. The monoisotopic (exact) mass is 484 g/mol. The number of benzene rings is 2. The highest BCUT2D eigenvalue weighted by atomic mass is 32.2. The summed E-state index contributed by atoms with van der Waals surface area (Å²) >= 11 is 0. The van der Waals surface area contributed by atoms with E-state index in [-0.39, 0.29) is 21.7 Å². The van der Waals surface area contributed by atoms with Crippen molar-refractivity contribution in [3.8, 4) is 28.7 Å². The summed E-state index contributed by atoms with van der Waals surface area (Å²) in [5, 5.41) is -0.0942. The van der Waals surface area contributed by atoms with Crippen LogP contribution in [0.2, 0.25) is 0 Å². The Morgan fingerprint density at radius 2 is 1.74 bits per heavy atom. The maximum atomic E-state index is 13.8. The molecule has 34 heavy (non-hydrogen) atoms. The fourth-order valence-corrected chi connectivity index (χ4v) is 6.02. The molecule has 2 aromatic carbocycles. The SMILES string of the molecule is COc1cccc(-c2nc(S(=O)(=O)c3ccc4c(c3)OCCO4)c(N3CC(C)CC(C)C3)o2)c1. The smallest absolute Gasteiger partial charge is 0.236 e. The zero-order chi connectivity index (χ0) is 23.9. The van der Waals surface area contributed by atoms with Gasteiger partial charge in [-0.3, -0.25) is 0 Å². The topological polar surface area (TPSA) is 91.1 Å². The van der Waals surface area contributed by atoms with E-state index in [1.807, 2.05) is 23.1 Å². The molecule has 2 atom stereocenters. The van der Waals surface area contributed by atoms with E-state index in [0.29, 0.717) is 61.0 Å². The van der Waals surface area contributed by atoms with Crippen molar-refractivity contribution in [2.45, 2.75) is 30.2 Å². The average Bonchev–Trinajstić information content (AvgIpc) is 3.30. The third-order valence-electron chi connectivity index (χ3n) is 6.13. The van der Waals surface area contributed by atoms with Crippen LogP contribution >= 0.6 is 0 Å². The van der Waals surface area contributed by atoms with Gasteiger partial charge in [-0.2, -0.15) is 4.98 Å². The molecule has 2 aliphatic heterocycles. The molecule has 0 radical (unpaired) electrons. The first kappa shape index (κ1) is 22.6. The molecule has 0 N–H and O–H groups in total. The number of nitrogens with zero attached hydrogens (tertiary/aromatic N) is 2.